The molecule has 0 amide bonds. The maximum Gasteiger partial charge on any atom is 0.179 e. The second kappa shape index (κ2) is 3.06. The molecule has 0 unspecified atom stereocenters. The number of pyridine rings is 1. The van der Waals surface area contributed by atoms with Crippen molar-refractivity contribution in [2.24, 2.45) is 0 Å². The molecular weight excluding hydrogens is 170 g/mol. The van der Waals surface area contributed by atoms with Crippen LogP contribution in [0.5, 0.6) is 0 Å². The van der Waals surface area contributed by atoms with E-state index in [2.05, 4.69) is 15.0 Å². The van der Waals surface area contributed by atoms with Crippen LogP contribution in [0.1, 0.15) is 0 Å². The van der Waals surface area contributed by atoms with E-state index >= 15 is 0 Å². The van der Waals surface area contributed by atoms with Gasteiger partial charge < -0.3 is 0 Å². The molecule has 4 heteroatoms. The topological polar surface area (TPSA) is 38.7 Å². The summed E-state index contributed by atoms with van der Waals surface area (Å²) < 4.78 is 0. The van der Waals surface area contributed by atoms with Gasteiger partial charge in [0.25, 0.3) is 0 Å². The van der Waals surface area contributed by atoms with Crippen LogP contribution in [-0.2, 0) is 0 Å². The molecule has 2 heterocycles. The highest BCUT2D eigenvalue weighted by Gasteiger charge is 1.96. The molecule has 0 bridgehead atoms. The van der Waals surface area contributed by atoms with E-state index in [1.54, 1.807) is 24.2 Å². The predicted octanol–water partition coefficient (Wildman–Crippen LogP) is 1.75. The number of aromatic nitrogens is 3. The molecule has 0 N–H and O–H groups in total. The van der Waals surface area contributed by atoms with Gasteiger partial charge in [0.05, 0.1) is 5.03 Å². The number of fused-ring (bicyclic) bond motifs is 1. The Morgan fingerprint density at radius 1 is 1.17 bits per heavy atom. The molecule has 0 saturated carbocycles. The molecule has 12 heavy (non-hydrogen) atoms. The standard InChI is InChI=1S/C8H7N3S/c1-12-7-3-2-6-8(11-7)10-5-4-9-6/h2-5H,1H3. The third-order valence-corrected chi connectivity index (χ3v) is 2.16. The third-order valence-electron chi connectivity index (χ3n) is 1.52. The van der Waals surface area contributed by atoms with Crippen LogP contribution in [0.2, 0.25) is 0 Å². The zero-order valence-electron chi connectivity index (χ0n) is 6.56. The number of rotatable bonds is 1. The van der Waals surface area contributed by atoms with E-state index in [1.807, 2.05) is 18.4 Å². The number of hydrogen-bond acceptors (Lipinski definition) is 4. The van der Waals surface area contributed by atoms with E-state index in [0.29, 0.717) is 5.65 Å². The Kier molecular flexibility index (Phi) is 1.91. The lowest BCUT2D eigenvalue weighted by atomic mass is 10.4. The Bertz CT molecular complexity index is 402. The molecule has 0 spiro atoms. The van der Waals surface area contributed by atoms with Gasteiger partial charge in [-0.1, -0.05) is 0 Å². The lowest BCUT2D eigenvalue weighted by Crippen LogP contribution is -1.86. The van der Waals surface area contributed by atoms with Crippen LogP contribution >= 0.6 is 11.8 Å². The second-order valence-corrected chi connectivity index (χ2v) is 3.08. The van der Waals surface area contributed by atoms with Crippen LogP contribution < -0.4 is 0 Å². The highest BCUT2D eigenvalue weighted by molar-refractivity contribution is 7.98. The molecule has 0 atom stereocenters. The molecule has 2 aromatic rings. The van der Waals surface area contributed by atoms with E-state index in [4.69, 9.17) is 0 Å². The third kappa shape index (κ3) is 1.25. The molecule has 0 aromatic carbocycles. The van der Waals surface area contributed by atoms with Crippen molar-refractivity contribution >= 4 is 22.9 Å². The minimum Gasteiger partial charge on any atom is -0.251 e. The monoisotopic (exact) mass is 177 g/mol. The van der Waals surface area contributed by atoms with Crippen molar-refractivity contribution in [1.29, 1.82) is 0 Å². The fourth-order valence-corrected chi connectivity index (χ4v) is 1.33. The van der Waals surface area contributed by atoms with Crippen molar-refractivity contribution < 1.29 is 0 Å². The summed E-state index contributed by atoms with van der Waals surface area (Å²) in [5, 5.41) is 0.975. The zero-order chi connectivity index (χ0) is 8.39. The van der Waals surface area contributed by atoms with Gasteiger partial charge in [-0.25, -0.2) is 9.97 Å². The molecule has 60 valence electrons. The Balaban J connectivity index is 2.67. The molecule has 0 aliphatic carbocycles. The van der Waals surface area contributed by atoms with E-state index < -0.39 is 0 Å². The van der Waals surface area contributed by atoms with Crippen LogP contribution in [0.15, 0.2) is 29.6 Å². The summed E-state index contributed by atoms with van der Waals surface area (Å²) in [7, 11) is 0. The Morgan fingerprint density at radius 2 is 2.00 bits per heavy atom. The van der Waals surface area contributed by atoms with Gasteiger partial charge in [0.1, 0.15) is 5.52 Å². The van der Waals surface area contributed by atoms with Gasteiger partial charge in [-0.05, 0) is 18.4 Å². The Morgan fingerprint density at radius 3 is 2.83 bits per heavy atom. The first-order chi connectivity index (χ1) is 5.90. The van der Waals surface area contributed by atoms with Crippen molar-refractivity contribution in [1.82, 2.24) is 15.0 Å². The second-order valence-electron chi connectivity index (χ2n) is 2.25. The minimum atomic E-state index is 0.712. The lowest BCUT2D eigenvalue weighted by molar-refractivity contribution is 1.13. The molecule has 0 saturated heterocycles. The number of hydrogen-bond donors (Lipinski definition) is 0. The van der Waals surface area contributed by atoms with Crippen LogP contribution in [0.4, 0.5) is 0 Å². The average molecular weight is 177 g/mol. The van der Waals surface area contributed by atoms with E-state index in [1.165, 1.54) is 0 Å². The molecule has 2 rings (SSSR count). The SMILES string of the molecule is CSc1ccc2nccnc2n1. The van der Waals surface area contributed by atoms with Crippen LogP contribution in [0, 0.1) is 0 Å². The summed E-state index contributed by atoms with van der Waals surface area (Å²) in [6, 6.07) is 3.88. The first kappa shape index (κ1) is 7.49. The van der Waals surface area contributed by atoms with Gasteiger partial charge in [-0.15, -0.1) is 11.8 Å². The normalized spacial score (nSPS) is 10.4. The number of nitrogens with zero attached hydrogens (tertiary/aromatic N) is 3. The fraction of sp³-hybridized carbons (Fsp3) is 0.125. The molecule has 0 aliphatic heterocycles. The van der Waals surface area contributed by atoms with E-state index in [9.17, 15) is 0 Å². The maximum atomic E-state index is 4.28. The summed E-state index contributed by atoms with van der Waals surface area (Å²) in [5.41, 5.74) is 1.56. The summed E-state index contributed by atoms with van der Waals surface area (Å²) in [6.07, 6.45) is 5.31. The first-order valence-corrected chi connectivity index (χ1v) is 4.74. The van der Waals surface area contributed by atoms with E-state index in [0.717, 1.165) is 10.5 Å². The van der Waals surface area contributed by atoms with Gasteiger partial charge in [0.2, 0.25) is 0 Å². The lowest BCUT2D eigenvalue weighted by Gasteiger charge is -1.96. The highest BCUT2D eigenvalue weighted by atomic mass is 32.2. The van der Waals surface area contributed by atoms with Gasteiger partial charge in [0, 0.05) is 12.4 Å². The Labute approximate surface area is 74.3 Å². The van der Waals surface area contributed by atoms with E-state index in [-0.39, 0.29) is 0 Å². The molecule has 3 nitrogen and oxygen atoms in total. The van der Waals surface area contributed by atoms with Crippen LogP contribution in [0.3, 0.4) is 0 Å². The van der Waals surface area contributed by atoms with Gasteiger partial charge >= 0.3 is 0 Å². The van der Waals surface area contributed by atoms with Crippen LogP contribution in [0.25, 0.3) is 11.2 Å². The smallest absolute Gasteiger partial charge is 0.179 e. The van der Waals surface area contributed by atoms with Crippen molar-refractivity contribution in [2.75, 3.05) is 6.26 Å². The molecule has 2 aromatic heterocycles. The summed E-state index contributed by atoms with van der Waals surface area (Å²) >= 11 is 1.60. The van der Waals surface area contributed by atoms with Gasteiger partial charge in [0.15, 0.2) is 5.65 Å². The minimum absolute atomic E-state index is 0.712. The van der Waals surface area contributed by atoms with Crippen molar-refractivity contribution in [3.05, 3.63) is 24.5 Å². The summed E-state index contributed by atoms with van der Waals surface area (Å²) in [6.45, 7) is 0. The summed E-state index contributed by atoms with van der Waals surface area (Å²) in [4.78, 5) is 12.5. The van der Waals surface area contributed by atoms with Crippen molar-refractivity contribution in [3.63, 3.8) is 0 Å². The molecular formula is C8H7N3S. The highest BCUT2D eigenvalue weighted by Crippen LogP contribution is 2.13. The zero-order valence-corrected chi connectivity index (χ0v) is 7.38. The maximum absolute atomic E-state index is 4.28. The average Bonchev–Trinajstić information content (AvgIpc) is 2.17. The number of thioether (sulfide) groups is 1. The molecule has 0 fully saturated rings. The summed E-state index contributed by atoms with van der Waals surface area (Å²) in [5.74, 6) is 0. The van der Waals surface area contributed by atoms with Crippen LogP contribution in [-0.4, -0.2) is 21.2 Å². The molecule has 0 aliphatic rings. The predicted molar refractivity (Wildman–Crippen MR) is 49.1 cm³/mol. The fourth-order valence-electron chi connectivity index (χ4n) is 0.951. The molecule has 0 radical (unpaired) electrons. The van der Waals surface area contributed by atoms with Crippen molar-refractivity contribution in [2.45, 2.75) is 5.03 Å². The quantitative estimate of drug-likeness (QED) is 0.622. The Hall–Kier alpha value is -1.16. The van der Waals surface area contributed by atoms with Gasteiger partial charge in [-0.3, -0.25) is 4.98 Å². The van der Waals surface area contributed by atoms with Gasteiger partial charge in [-0.2, -0.15) is 0 Å². The largest absolute Gasteiger partial charge is 0.251 e. The first-order valence-electron chi connectivity index (χ1n) is 3.52. The van der Waals surface area contributed by atoms with Crippen molar-refractivity contribution in [3.8, 4) is 0 Å².